The summed E-state index contributed by atoms with van der Waals surface area (Å²) < 4.78 is 16.0. The fraction of sp³-hybridized carbons (Fsp3) is 0.292. The molecule has 0 unspecified atom stereocenters. The number of carbonyl (C=O) groups excluding carboxylic acids is 3. The van der Waals surface area contributed by atoms with E-state index in [1.807, 2.05) is 0 Å². The maximum atomic E-state index is 13.5. The molecule has 1 aliphatic heterocycles. The Labute approximate surface area is 190 Å². The maximum absolute atomic E-state index is 13.5. The molecular weight excluding hydrogens is 430 g/mol. The van der Waals surface area contributed by atoms with E-state index in [9.17, 15) is 24.5 Å². The van der Waals surface area contributed by atoms with Gasteiger partial charge in [-0.3, -0.25) is 24.5 Å². The second kappa shape index (κ2) is 10.8. The third kappa shape index (κ3) is 5.57. The molecule has 0 aliphatic carbocycles. The van der Waals surface area contributed by atoms with Crippen LogP contribution in [-0.2, 0) is 19.0 Å². The van der Waals surface area contributed by atoms with Gasteiger partial charge in [0.25, 0.3) is 5.70 Å². The van der Waals surface area contributed by atoms with Crippen molar-refractivity contribution in [1.29, 1.82) is 0 Å². The second-order valence-corrected chi connectivity index (χ2v) is 7.39. The maximum Gasteiger partial charge on any atom is 0.302 e. The fourth-order valence-corrected chi connectivity index (χ4v) is 3.75. The van der Waals surface area contributed by atoms with E-state index >= 15 is 0 Å². The molecule has 0 saturated carbocycles. The summed E-state index contributed by atoms with van der Waals surface area (Å²) in [5.74, 6) is -4.58. The second-order valence-electron chi connectivity index (χ2n) is 7.39. The van der Waals surface area contributed by atoms with E-state index in [0.29, 0.717) is 0 Å². The molecule has 2 aromatic rings. The Morgan fingerprint density at radius 3 is 1.94 bits per heavy atom. The van der Waals surface area contributed by atoms with Crippen LogP contribution in [0.1, 0.15) is 27.6 Å². The van der Waals surface area contributed by atoms with Gasteiger partial charge in [0.05, 0.1) is 4.92 Å². The molecule has 9 nitrogen and oxygen atoms in total. The molecule has 2 aromatic carbocycles. The van der Waals surface area contributed by atoms with Crippen LogP contribution >= 0.6 is 0 Å². The number of esters is 1. The lowest BCUT2D eigenvalue weighted by atomic mass is 9.77. The lowest BCUT2D eigenvalue weighted by Crippen LogP contribution is -2.47. The Hall–Kier alpha value is -3.69. The Balaban J connectivity index is 2.10. The zero-order chi connectivity index (χ0) is 24.0. The van der Waals surface area contributed by atoms with Gasteiger partial charge in [-0.05, 0) is 0 Å². The SMILES string of the molecule is CO[C@@H]1O[C@H](COC(C)=O)C=C([N+](=O)[O-])[C@H]1C(C(=O)c1ccccc1)C(=O)c1ccccc1. The van der Waals surface area contributed by atoms with Gasteiger partial charge in [-0.25, -0.2) is 0 Å². The lowest BCUT2D eigenvalue weighted by molar-refractivity contribution is -0.445. The molecule has 1 heterocycles. The average molecular weight is 453 g/mol. The van der Waals surface area contributed by atoms with Gasteiger partial charge in [0, 0.05) is 31.2 Å². The van der Waals surface area contributed by atoms with E-state index in [4.69, 9.17) is 14.2 Å². The molecule has 0 saturated heterocycles. The smallest absolute Gasteiger partial charge is 0.302 e. The first-order valence-electron chi connectivity index (χ1n) is 10.2. The zero-order valence-corrected chi connectivity index (χ0v) is 18.1. The Kier molecular flexibility index (Phi) is 7.81. The summed E-state index contributed by atoms with van der Waals surface area (Å²) in [5.41, 5.74) is 0.0431. The predicted molar refractivity (Wildman–Crippen MR) is 116 cm³/mol. The number of carbonyl (C=O) groups is 3. The minimum atomic E-state index is -1.48. The van der Waals surface area contributed by atoms with E-state index in [0.717, 1.165) is 6.08 Å². The fourth-order valence-electron chi connectivity index (χ4n) is 3.75. The van der Waals surface area contributed by atoms with Crippen LogP contribution in [-0.4, -0.2) is 48.6 Å². The quantitative estimate of drug-likeness (QED) is 0.187. The van der Waals surface area contributed by atoms with Gasteiger partial charge in [-0.2, -0.15) is 0 Å². The molecule has 172 valence electrons. The predicted octanol–water partition coefficient (Wildman–Crippen LogP) is 3.08. The van der Waals surface area contributed by atoms with Gasteiger partial charge in [0.15, 0.2) is 17.9 Å². The third-order valence-electron chi connectivity index (χ3n) is 5.23. The van der Waals surface area contributed by atoms with Gasteiger partial charge < -0.3 is 14.2 Å². The largest absolute Gasteiger partial charge is 0.463 e. The van der Waals surface area contributed by atoms with Crippen LogP contribution in [0.25, 0.3) is 0 Å². The summed E-state index contributed by atoms with van der Waals surface area (Å²) in [4.78, 5) is 49.6. The molecule has 3 rings (SSSR count). The molecule has 1 aliphatic rings. The number of nitro groups is 1. The molecule has 3 atom stereocenters. The molecule has 0 fully saturated rings. The van der Waals surface area contributed by atoms with Crippen molar-refractivity contribution in [3.05, 3.63) is 93.7 Å². The molecular formula is C24H23NO8. The van der Waals surface area contributed by atoms with Crippen LogP contribution in [0.15, 0.2) is 72.4 Å². The highest BCUT2D eigenvalue weighted by Gasteiger charge is 2.50. The van der Waals surface area contributed by atoms with Crippen molar-refractivity contribution in [2.75, 3.05) is 13.7 Å². The summed E-state index contributed by atoms with van der Waals surface area (Å²) in [7, 11) is 1.26. The molecule has 0 spiro atoms. The number of Topliss-reactive ketones (excluding diaryl/α,β-unsaturated/α-hetero) is 2. The normalized spacial score (nSPS) is 20.1. The van der Waals surface area contributed by atoms with Crippen molar-refractivity contribution in [3.63, 3.8) is 0 Å². The topological polar surface area (TPSA) is 122 Å². The van der Waals surface area contributed by atoms with E-state index < -0.39 is 52.4 Å². The van der Waals surface area contributed by atoms with Crippen LogP contribution in [0.4, 0.5) is 0 Å². The summed E-state index contributed by atoms with van der Waals surface area (Å²) >= 11 is 0. The summed E-state index contributed by atoms with van der Waals surface area (Å²) in [5, 5.41) is 12.0. The first-order valence-corrected chi connectivity index (χ1v) is 10.2. The number of hydrogen-bond donors (Lipinski definition) is 0. The Bertz CT molecular complexity index is 999. The summed E-state index contributed by atoms with van der Waals surface area (Å²) in [6.45, 7) is 0.924. The van der Waals surface area contributed by atoms with Gasteiger partial charge in [-0.15, -0.1) is 0 Å². The standard InChI is InChI=1S/C24H23NO8/c1-15(26)32-14-18-13-19(25(29)30)20(24(31-2)33-18)21(22(27)16-9-5-3-6-10-16)23(28)17-11-7-4-8-12-17/h3-13,18,20-21,24H,14H2,1-2H3/t18-,20-,24+/m0/s1. The number of hydrogen-bond acceptors (Lipinski definition) is 8. The van der Waals surface area contributed by atoms with Crippen LogP contribution in [0, 0.1) is 22.0 Å². The number of ether oxygens (including phenoxy) is 3. The molecule has 0 bridgehead atoms. The van der Waals surface area contributed by atoms with Gasteiger partial charge in [-0.1, -0.05) is 60.7 Å². The van der Waals surface area contributed by atoms with E-state index in [1.165, 1.54) is 38.3 Å². The molecule has 9 heteroatoms. The minimum absolute atomic E-state index is 0.228. The van der Waals surface area contributed by atoms with Crippen molar-refractivity contribution in [3.8, 4) is 0 Å². The van der Waals surface area contributed by atoms with Crippen LogP contribution in [0.2, 0.25) is 0 Å². The average Bonchev–Trinajstić information content (AvgIpc) is 2.83. The minimum Gasteiger partial charge on any atom is -0.463 e. The van der Waals surface area contributed by atoms with Crippen molar-refractivity contribution >= 4 is 17.5 Å². The van der Waals surface area contributed by atoms with E-state index in [-0.39, 0.29) is 17.7 Å². The number of rotatable bonds is 9. The highest BCUT2D eigenvalue weighted by atomic mass is 16.7. The number of methoxy groups -OCH3 is 1. The third-order valence-corrected chi connectivity index (χ3v) is 5.23. The van der Waals surface area contributed by atoms with Crippen molar-refractivity contribution in [2.45, 2.75) is 19.3 Å². The van der Waals surface area contributed by atoms with Crippen LogP contribution < -0.4 is 0 Å². The van der Waals surface area contributed by atoms with E-state index in [1.54, 1.807) is 36.4 Å². The first kappa shape index (κ1) is 24.0. The molecule has 0 amide bonds. The summed E-state index contributed by atoms with van der Waals surface area (Å²) in [6, 6.07) is 16.2. The van der Waals surface area contributed by atoms with Crippen molar-refractivity contribution < 1.29 is 33.5 Å². The van der Waals surface area contributed by atoms with Gasteiger partial charge in [0.1, 0.15) is 24.5 Å². The molecule has 33 heavy (non-hydrogen) atoms. The number of benzene rings is 2. The van der Waals surface area contributed by atoms with Crippen molar-refractivity contribution in [2.24, 2.45) is 11.8 Å². The number of nitrogens with zero attached hydrogens (tertiary/aromatic N) is 1. The monoisotopic (exact) mass is 453 g/mol. The lowest BCUT2D eigenvalue weighted by Gasteiger charge is -2.34. The Morgan fingerprint density at radius 1 is 1.00 bits per heavy atom. The van der Waals surface area contributed by atoms with Crippen LogP contribution in [0.3, 0.4) is 0 Å². The van der Waals surface area contributed by atoms with Crippen molar-refractivity contribution in [1.82, 2.24) is 0 Å². The van der Waals surface area contributed by atoms with Gasteiger partial charge >= 0.3 is 5.97 Å². The highest BCUT2D eigenvalue weighted by Crippen LogP contribution is 2.36. The highest BCUT2D eigenvalue weighted by molar-refractivity contribution is 6.16. The summed E-state index contributed by atoms with van der Waals surface area (Å²) in [6.07, 6.45) is -1.12. The molecule has 0 N–H and O–H groups in total. The molecule has 0 aromatic heterocycles. The first-order chi connectivity index (χ1) is 15.8. The molecule has 0 radical (unpaired) electrons. The van der Waals surface area contributed by atoms with Gasteiger partial charge in [0.2, 0.25) is 0 Å². The zero-order valence-electron chi connectivity index (χ0n) is 18.1. The van der Waals surface area contributed by atoms with E-state index in [2.05, 4.69) is 0 Å². The Morgan fingerprint density at radius 2 is 1.52 bits per heavy atom. The number of ketones is 2. The van der Waals surface area contributed by atoms with Crippen LogP contribution in [0.5, 0.6) is 0 Å².